The molecule has 0 amide bonds. The Bertz CT molecular complexity index is 29.1. The molecule has 0 rings (SSSR count). The first-order valence-electron chi connectivity index (χ1n) is 0.383. The molecule has 0 aliphatic rings. The molecule has 5 heavy (non-hydrogen) atoms. The van der Waals surface area contributed by atoms with Crippen LogP contribution in [0.25, 0.3) is 5.14 Å². The van der Waals surface area contributed by atoms with Crippen LogP contribution >= 0.6 is 0 Å². The zero-order chi connectivity index (χ0) is 2.71. The van der Waals surface area contributed by atoms with Gasteiger partial charge in [0, 0.05) is 43.2 Å². The van der Waals surface area contributed by atoms with Crippen LogP contribution in [0.5, 0.6) is 0 Å². The predicted octanol–water partition coefficient (Wildman–Crippen LogP) is 0.218. The van der Waals surface area contributed by atoms with Crippen LogP contribution in [-0.4, -0.2) is 0 Å². The van der Waals surface area contributed by atoms with Gasteiger partial charge in [-0.1, -0.05) is 0 Å². The van der Waals surface area contributed by atoms with E-state index in [0.29, 0.717) is 0 Å². The van der Waals surface area contributed by atoms with Gasteiger partial charge in [-0.2, -0.15) is 0 Å². The minimum atomic E-state index is 0. The minimum Gasteiger partial charge on any atom is -0.463 e. The summed E-state index contributed by atoms with van der Waals surface area (Å²) >= 11 is 0. The summed E-state index contributed by atoms with van der Waals surface area (Å²) in [5.41, 5.74) is 0. The molecule has 4 nitrogen and oxygen atoms in total. The fraction of sp³-hybridized carbons (Fsp3) is 0. The van der Waals surface area contributed by atoms with E-state index in [2.05, 4.69) is 0 Å². The molecule has 0 atom stereocenters. The number of rotatable bonds is 0. The van der Waals surface area contributed by atoms with Gasteiger partial charge in [0.25, 0.3) is 0 Å². The monoisotopic (exact) mass is 100.0 g/mol. The Hall–Kier alpha value is 0.440. The van der Waals surface area contributed by atoms with Crippen molar-refractivity contribution in [3.8, 4) is 0 Å². The van der Waals surface area contributed by atoms with Gasteiger partial charge in [0.2, 0.25) is 10.5 Å². The summed E-state index contributed by atoms with van der Waals surface area (Å²) in [6.07, 6.45) is 0. The molecule has 0 saturated heterocycles. The van der Waals surface area contributed by atoms with Crippen molar-refractivity contribution in [3.63, 3.8) is 0 Å². The zero-order valence-corrected chi connectivity index (χ0v) is 2.77. The Morgan fingerprint density at radius 2 is 1.60 bits per heavy atom. The van der Waals surface area contributed by atoms with E-state index < -0.39 is 0 Å². The van der Waals surface area contributed by atoms with Gasteiger partial charge in [0.05, 0.1) is 0 Å². The maximum Gasteiger partial charge on any atom is 0.237 e. The smallest absolute Gasteiger partial charge is 0.237 e. The van der Waals surface area contributed by atoms with Crippen molar-refractivity contribution in [1.29, 1.82) is 5.39 Å². The van der Waals surface area contributed by atoms with E-state index in [1.165, 1.54) is 5.14 Å². The van der Waals surface area contributed by atoms with Gasteiger partial charge in [-0.3, -0.25) is 0 Å². The van der Waals surface area contributed by atoms with E-state index in [9.17, 15) is 0 Å². The van der Waals surface area contributed by atoms with Crippen LogP contribution in [0, 0.1) is 48.3 Å². The molecule has 0 N–H and O–H groups in total. The summed E-state index contributed by atoms with van der Waals surface area (Å²) in [7, 11) is 0. The fourth-order valence-electron chi connectivity index (χ4n) is 0. The van der Waals surface area contributed by atoms with Crippen LogP contribution in [0.3, 0.4) is 0 Å². The maximum atomic E-state index is 8.11. The van der Waals surface area contributed by atoms with E-state index in [4.69, 9.17) is 10.6 Å². The predicted molar refractivity (Wildman–Crippen MR) is 9.14 cm³/mol. The van der Waals surface area contributed by atoms with Gasteiger partial charge in [0.15, 0.2) is 0 Å². The van der Waals surface area contributed by atoms with Crippen molar-refractivity contribution in [2.45, 2.75) is 0 Å². The quantitative estimate of drug-likeness (QED) is 0.322. The Labute approximate surface area is 58.7 Å². The Kier molecular flexibility index (Phi) is 91.3. The second-order valence-corrected chi connectivity index (χ2v) is 0.0816. The molecule has 0 bridgehead atoms. The summed E-state index contributed by atoms with van der Waals surface area (Å²) in [5, 5.41) is 16.0. The number of diazo groups is 1. The molecule has 0 aromatic carbocycles. The van der Waals surface area contributed by atoms with Crippen molar-refractivity contribution in [2.24, 2.45) is 0 Å². The van der Waals surface area contributed by atoms with Crippen molar-refractivity contribution < 1.29 is 43.2 Å². The van der Waals surface area contributed by atoms with Crippen LogP contribution in [0.15, 0.2) is 0 Å². The third kappa shape index (κ3) is 137. The summed E-state index contributed by atoms with van der Waals surface area (Å²) < 4.78 is 0. The van der Waals surface area contributed by atoms with E-state index in [0.717, 1.165) is 0 Å². The van der Waals surface area contributed by atoms with E-state index in [1.54, 1.807) is 0 Å². The van der Waals surface area contributed by atoms with Gasteiger partial charge in [-0.05, 0) is 0 Å². The van der Waals surface area contributed by atoms with Gasteiger partial charge in [-0.25, -0.2) is 0 Å². The minimum absolute atomic E-state index is 0. The molecule has 0 heterocycles. The van der Waals surface area contributed by atoms with Crippen LogP contribution in [0.1, 0.15) is 0 Å². The van der Waals surface area contributed by atoms with Crippen molar-refractivity contribution in [2.75, 3.05) is 0 Å². The summed E-state index contributed by atoms with van der Waals surface area (Å²) in [6, 6.07) is 0. The zero-order valence-electron chi connectivity index (χ0n) is 2.06. The molecule has 0 aromatic rings. The molecule has 2 radical (unpaired) electrons. The molecule has 0 spiro atoms. The summed E-state index contributed by atoms with van der Waals surface area (Å²) in [5.74, 6) is 0. The number of hydrogen-bond acceptors (Lipinski definition) is 2. The first-order chi connectivity index (χ1) is 1.41. The average Bonchev–Trinajstić information content (AvgIpc) is 0.918. The topological polar surface area (TPSA) is 79.7 Å². The van der Waals surface area contributed by atoms with Crippen LogP contribution < -0.4 is 0 Å². The molecule has 0 aliphatic carbocycles. The third-order valence-corrected chi connectivity index (χ3v) is 0. The van der Waals surface area contributed by atoms with E-state index in [1.807, 2.05) is 0 Å². The largest absolute Gasteiger partial charge is 0.463 e. The molecule has 0 fully saturated rings. The van der Waals surface area contributed by atoms with Crippen molar-refractivity contribution in [3.05, 3.63) is 10.3 Å². The summed E-state index contributed by atoms with van der Waals surface area (Å²) in [6.45, 7) is 0. The van der Waals surface area contributed by atoms with Gasteiger partial charge in [0.1, 0.15) is 0 Å². The normalized spacial score (nSPS) is 1.40. The van der Waals surface area contributed by atoms with Crippen molar-refractivity contribution >= 4 is 0 Å². The molecule has 30 valence electrons. The molecule has 0 unspecified atom stereocenters. The Morgan fingerprint density at radius 1 is 1.60 bits per heavy atom. The fourth-order valence-corrected chi connectivity index (χ4v) is 0. The van der Waals surface area contributed by atoms with E-state index in [-0.39, 0.29) is 43.2 Å². The van der Waals surface area contributed by atoms with Crippen molar-refractivity contribution in [1.82, 2.24) is 0 Å². The standard InChI is InChI=1S/Ar.N2O.O/c;1-2-3;. The van der Waals surface area contributed by atoms with Crippen LogP contribution in [0.4, 0.5) is 0 Å². The average molecular weight is 100.0 g/mol. The second-order valence-electron chi connectivity index (χ2n) is 0.0816. The maximum absolute atomic E-state index is 8.11. The second kappa shape index (κ2) is 25.3. The Morgan fingerprint density at radius 3 is 1.60 bits per heavy atom. The van der Waals surface area contributed by atoms with Gasteiger partial charge in [-0.15, -0.1) is 0 Å². The van der Waals surface area contributed by atoms with Gasteiger partial charge >= 0.3 is 0 Å². The Balaban J connectivity index is -0.0000000200. The number of hydrogen-bond donors (Lipinski definition) is 0. The molecule has 5 heteroatoms. The first kappa shape index (κ1) is 18.0. The molecule has 0 aliphatic heterocycles. The summed E-state index contributed by atoms with van der Waals surface area (Å²) in [4.78, 5) is 0. The first-order valence-corrected chi connectivity index (χ1v) is 0.383. The molecular weight excluding hydrogens is 100.0 g/mol. The van der Waals surface area contributed by atoms with Crippen LogP contribution in [-0.2, 0) is 5.48 Å². The third-order valence-electron chi connectivity index (χ3n) is 0. The molecule has 0 aromatic heterocycles. The molecule has 0 saturated carbocycles. The molecular formula is ArN2O2. The van der Waals surface area contributed by atoms with Crippen LogP contribution in [0.2, 0.25) is 0 Å². The SMILES string of the molecule is N#[N+][O-].[Ar].[O]. The van der Waals surface area contributed by atoms with E-state index >= 15 is 0 Å². The van der Waals surface area contributed by atoms with Gasteiger partial charge < -0.3 is 5.21 Å². The number of nitrogens with zero attached hydrogens (tertiary/aromatic N) is 2.